The molecule has 1 amide bonds. The van der Waals surface area contributed by atoms with Gasteiger partial charge >= 0.3 is 0 Å². The number of aryl methyl sites for hydroxylation is 1. The lowest BCUT2D eigenvalue weighted by molar-refractivity contribution is 0.0725. The number of likely N-dealkylation sites (tertiary alicyclic amines) is 1. The molecule has 0 radical (unpaired) electrons. The lowest BCUT2D eigenvalue weighted by atomic mass is 10.1. The van der Waals surface area contributed by atoms with E-state index in [0.717, 1.165) is 12.8 Å². The molecule has 0 unspecified atom stereocenters. The van der Waals surface area contributed by atoms with Gasteiger partial charge in [0.05, 0.1) is 10.1 Å². The Morgan fingerprint density at radius 1 is 1.00 bits per heavy atom. The van der Waals surface area contributed by atoms with Crippen molar-refractivity contribution in [3.05, 3.63) is 65.7 Å². The van der Waals surface area contributed by atoms with Gasteiger partial charge in [0.1, 0.15) is 0 Å². The Morgan fingerprint density at radius 3 is 2.19 bits per heavy atom. The molecule has 5 heteroatoms. The molecule has 0 aliphatic carbocycles. The molecule has 2 aromatic rings. The van der Waals surface area contributed by atoms with Gasteiger partial charge in [-0.25, -0.2) is 8.42 Å². The number of piperidine rings is 1. The summed E-state index contributed by atoms with van der Waals surface area (Å²) >= 11 is 0. The zero-order chi connectivity index (χ0) is 18.6. The Morgan fingerprint density at radius 2 is 1.62 bits per heavy atom. The summed E-state index contributed by atoms with van der Waals surface area (Å²) in [6.07, 6.45) is 3.06. The summed E-state index contributed by atoms with van der Waals surface area (Å²) in [5.41, 5.74) is 1.91. The van der Waals surface area contributed by atoms with E-state index in [0.29, 0.717) is 36.4 Å². The highest BCUT2D eigenvalue weighted by atomic mass is 32.2. The minimum absolute atomic E-state index is 0.0105. The third kappa shape index (κ3) is 3.98. The molecule has 0 bridgehead atoms. The molecule has 0 spiro atoms. The zero-order valence-electron chi connectivity index (χ0n) is 15.1. The second kappa shape index (κ2) is 8.04. The van der Waals surface area contributed by atoms with Crippen molar-refractivity contribution in [1.29, 1.82) is 0 Å². The molecule has 1 heterocycles. The van der Waals surface area contributed by atoms with E-state index in [-0.39, 0.29) is 5.91 Å². The number of sulfone groups is 1. The summed E-state index contributed by atoms with van der Waals surface area (Å²) in [6.45, 7) is 3.09. The molecule has 3 rings (SSSR count). The first-order valence-corrected chi connectivity index (χ1v) is 10.7. The number of hydrogen-bond acceptors (Lipinski definition) is 3. The molecule has 1 saturated heterocycles. The topological polar surface area (TPSA) is 54.5 Å². The largest absolute Gasteiger partial charge is 0.339 e. The van der Waals surface area contributed by atoms with Crippen LogP contribution >= 0.6 is 0 Å². The van der Waals surface area contributed by atoms with Crippen LogP contribution < -0.4 is 0 Å². The van der Waals surface area contributed by atoms with Gasteiger partial charge in [-0.2, -0.15) is 0 Å². The quantitative estimate of drug-likeness (QED) is 0.805. The average Bonchev–Trinajstić information content (AvgIpc) is 2.69. The lowest BCUT2D eigenvalue weighted by Crippen LogP contribution is -2.42. The van der Waals surface area contributed by atoms with Crippen LogP contribution in [0.5, 0.6) is 0 Å². The molecule has 26 heavy (non-hydrogen) atoms. The number of amides is 1. The minimum atomic E-state index is -3.33. The van der Waals surface area contributed by atoms with Crippen molar-refractivity contribution < 1.29 is 13.2 Å². The second-order valence-corrected chi connectivity index (χ2v) is 9.02. The van der Waals surface area contributed by atoms with Crippen LogP contribution in [0.2, 0.25) is 0 Å². The van der Waals surface area contributed by atoms with Crippen molar-refractivity contribution in [3.8, 4) is 0 Å². The van der Waals surface area contributed by atoms with Gasteiger partial charge in [-0.15, -0.1) is 0 Å². The monoisotopic (exact) mass is 371 g/mol. The van der Waals surface area contributed by atoms with E-state index in [1.165, 1.54) is 5.56 Å². The minimum Gasteiger partial charge on any atom is -0.339 e. The molecule has 0 saturated carbocycles. The van der Waals surface area contributed by atoms with Gasteiger partial charge in [0.15, 0.2) is 9.84 Å². The number of nitrogens with zero attached hydrogens (tertiary/aromatic N) is 1. The first kappa shape index (κ1) is 18.6. The maximum absolute atomic E-state index is 12.7. The maximum atomic E-state index is 12.7. The smallest absolute Gasteiger partial charge is 0.253 e. The molecule has 2 aromatic carbocycles. The summed E-state index contributed by atoms with van der Waals surface area (Å²) in [5, 5.41) is -0.416. The number of hydrogen-bond donors (Lipinski definition) is 0. The van der Waals surface area contributed by atoms with Crippen molar-refractivity contribution in [2.45, 2.75) is 42.8 Å². The molecule has 0 aromatic heterocycles. The van der Waals surface area contributed by atoms with Gasteiger partial charge in [-0.1, -0.05) is 43.7 Å². The van der Waals surface area contributed by atoms with Crippen LogP contribution in [0.25, 0.3) is 0 Å². The Labute approximate surface area is 155 Å². The van der Waals surface area contributed by atoms with Gasteiger partial charge in [0.25, 0.3) is 5.91 Å². The van der Waals surface area contributed by atoms with Crippen molar-refractivity contribution in [2.24, 2.45) is 0 Å². The fraction of sp³-hybridized carbons (Fsp3) is 0.381. The molecule has 1 fully saturated rings. The number of rotatable bonds is 5. The van der Waals surface area contributed by atoms with Crippen molar-refractivity contribution in [1.82, 2.24) is 4.90 Å². The van der Waals surface area contributed by atoms with Crippen LogP contribution in [0.1, 0.15) is 42.1 Å². The molecular weight excluding hydrogens is 346 g/mol. The summed E-state index contributed by atoms with van der Waals surface area (Å²) in [5.74, 6) is -0.0105. The van der Waals surface area contributed by atoms with Crippen molar-refractivity contribution in [3.63, 3.8) is 0 Å². The predicted octanol–water partition coefficient (Wildman–Crippen LogP) is 3.72. The Kier molecular flexibility index (Phi) is 5.77. The van der Waals surface area contributed by atoms with E-state index in [4.69, 9.17) is 0 Å². The van der Waals surface area contributed by atoms with Crippen LogP contribution in [0, 0.1) is 0 Å². The maximum Gasteiger partial charge on any atom is 0.253 e. The Balaban J connectivity index is 1.64. The molecule has 0 atom stereocenters. The highest BCUT2D eigenvalue weighted by Gasteiger charge is 2.32. The average molecular weight is 372 g/mol. The third-order valence-electron chi connectivity index (χ3n) is 4.98. The zero-order valence-corrected chi connectivity index (χ0v) is 15.9. The normalized spacial score (nSPS) is 15.8. The van der Waals surface area contributed by atoms with E-state index >= 15 is 0 Å². The summed E-state index contributed by atoms with van der Waals surface area (Å²) in [4.78, 5) is 14.8. The standard InChI is InChI=1S/C21H25NO3S/c1-2-6-17-9-11-18(12-10-17)21(23)22-15-13-20(14-16-22)26(24,25)19-7-4-3-5-8-19/h3-5,7-12,20H,2,6,13-16H2,1H3. The predicted molar refractivity (Wildman–Crippen MR) is 103 cm³/mol. The van der Waals surface area contributed by atoms with Crippen LogP contribution in [0.15, 0.2) is 59.5 Å². The highest BCUT2D eigenvalue weighted by molar-refractivity contribution is 7.92. The van der Waals surface area contributed by atoms with E-state index in [2.05, 4.69) is 6.92 Å². The van der Waals surface area contributed by atoms with Gasteiger partial charge in [-0.05, 0) is 49.1 Å². The first-order valence-electron chi connectivity index (χ1n) is 9.19. The van der Waals surface area contributed by atoms with Crippen LogP contribution in [0.4, 0.5) is 0 Å². The molecule has 0 N–H and O–H groups in total. The first-order chi connectivity index (χ1) is 12.5. The molecule has 4 nitrogen and oxygen atoms in total. The molecule has 1 aliphatic heterocycles. The number of carbonyl (C=O) groups is 1. The van der Waals surface area contributed by atoms with E-state index in [9.17, 15) is 13.2 Å². The fourth-order valence-corrected chi connectivity index (χ4v) is 5.21. The summed E-state index contributed by atoms with van der Waals surface area (Å²) in [7, 11) is -3.33. The van der Waals surface area contributed by atoms with Gasteiger partial charge in [0, 0.05) is 18.7 Å². The Hall–Kier alpha value is -2.14. The van der Waals surface area contributed by atoms with Crippen LogP contribution in [-0.2, 0) is 16.3 Å². The molecule has 1 aliphatic rings. The fourth-order valence-electron chi connectivity index (χ4n) is 3.46. The van der Waals surface area contributed by atoms with E-state index < -0.39 is 15.1 Å². The van der Waals surface area contributed by atoms with Crippen LogP contribution in [0.3, 0.4) is 0 Å². The van der Waals surface area contributed by atoms with Gasteiger partial charge in [-0.3, -0.25) is 4.79 Å². The molecular formula is C21H25NO3S. The van der Waals surface area contributed by atoms with Crippen molar-refractivity contribution in [2.75, 3.05) is 13.1 Å². The second-order valence-electron chi connectivity index (χ2n) is 6.80. The van der Waals surface area contributed by atoms with E-state index in [1.54, 1.807) is 29.2 Å². The molecule has 138 valence electrons. The van der Waals surface area contributed by atoms with Gasteiger partial charge in [0.2, 0.25) is 0 Å². The van der Waals surface area contributed by atoms with Crippen molar-refractivity contribution >= 4 is 15.7 Å². The van der Waals surface area contributed by atoms with Crippen LogP contribution in [-0.4, -0.2) is 37.6 Å². The third-order valence-corrected chi connectivity index (χ3v) is 7.26. The SMILES string of the molecule is CCCc1ccc(C(=O)N2CCC(S(=O)(=O)c3ccccc3)CC2)cc1. The number of benzene rings is 2. The summed E-state index contributed by atoms with van der Waals surface area (Å²) in [6, 6.07) is 16.3. The summed E-state index contributed by atoms with van der Waals surface area (Å²) < 4.78 is 25.5. The Bertz CT molecular complexity index is 837. The number of carbonyl (C=O) groups excluding carboxylic acids is 1. The van der Waals surface area contributed by atoms with E-state index in [1.807, 2.05) is 30.3 Å². The highest BCUT2D eigenvalue weighted by Crippen LogP contribution is 2.25. The van der Waals surface area contributed by atoms with Gasteiger partial charge < -0.3 is 4.90 Å². The lowest BCUT2D eigenvalue weighted by Gasteiger charge is -2.31.